The Morgan fingerprint density at radius 3 is 2.48 bits per heavy atom. The Labute approximate surface area is 162 Å². The standard InChI is InChI=1S/C18H23N5O3S/c1-3-23(4-2)14-9-7-12(8-10-14)16(25)20-19-15(24)11-27-18-22-21-17(26-18)13-5-6-13/h7-10,13H,3-6,11H2,1-2H3,(H,19,24)(H,20,25). The van der Waals surface area contributed by atoms with Crippen molar-refractivity contribution < 1.29 is 14.0 Å². The molecule has 1 aromatic heterocycles. The minimum atomic E-state index is -0.367. The van der Waals surface area contributed by atoms with Gasteiger partial charge in [-0.2, -0.15) is 0 Å². The van der Waals surface area contributed by atoms with E-state index in [0.717, 1.165) is 43.4 Å². The first-order valence-corrected chi connectivity index (χ1v) is 9.99. The molecule has 1 saturated carbocycles. The number of aromatic nitrogens is 2. The fourth-order valence-corrected chi connectivity index (χ4v) is 3.12. The van der Waals surface area contributed by atoms with E-state index in [4.69, 9.17) is 4.42 Å². The maximum absolute atomic E-state index is 12.1. The number of carbonyl (C=O) groups is 2. The summed E-state index contributed by atoms with van der Waals surface area (Å²) in [5.74, 6) is 0.382. The number of hydrogen-bond donors (Lipinski definition) is 2. The lowest BCUT2D eigenvalue weighted by molar-refractivity contribution is -0.119. The minimum absolute atomic E-state index is 0.0769. The molecule has 0 bridgehead atoms. The van der Waals surface area contributed by atoms with E-state index >= 15 is 0 Å². The van der Waals surface area contributed by atoms with Crippen LogP contribution in [0.3, 0.4) is 0 Å². The topological polar surface area (TPSA) is 100 Å². The molecule has 1 aliphatic carbocycles. The van der Waals surface area contributed by atoms with Crippen LogP contribution in [0.4, 0.5) is 5.69 Å². The summed E-state index contributed by atoms with van der Waals surface area (Å²) < 4.78 is 5.47. The van der Waals surface area contributed by atoms with Crippen molar-refractivity contribution in [2.45, 2.75) is 37.8 Å². The number of rotatable bonds is 8. The van der Waals surface area contributed by atoms with Crippen LogP contribution < -0.4 is 15.8 Å². The van der Waals surface area contributed by atoms with Gasteiger partial charge in [-0.15, -0.1) is 10.2 Å². The van der Waals surface area contributed by atoms with Crippen molar-refractivity contribution in [2.75, 3.05) is 23.7 Å². The Morgan fingerprint density at radius 2 is 1.85 bits per heavy atom. The molecule has 0 unspecified atom stereocenters. The zero-order valence-electron chi connectivity index (χ0n) is 15.4. The van der Waals surface area contributed by atoms with Crippen molar-refractivity contribution in [3.8, 4) is 0 Å². The van der Waals surface area contributed by atoms with E-state index in [1.807, 2.05) is 12.1 Å². The van der Waals surface area contributed by atoms with Gasteiger partial charge < -0.3 is 9.32 Å². The summed E-state index contributed by atoms with van der Waals surface area (Å²) in [5, 5.41) is 8.23. The number of anilines is 1. The van der Waals surface area contributed by atoms with E-state index in [1.165, 1.54) is 0 Å². The van der Waals surface area contributed by atoms with Crippen molar-refractivity contribution in [3.63, 3.8) is 0 Å². The first-order valence-electron chi connectivity index (χ1n) is 9.01. The molecule has 0 saturated heterocycles. The molecule has 27 heavy (non-hydrogen) atoms. The van der Waals surface area contributed by atoms with Crippen molar-refractivity contribution in [1.82, 2.24) is 21.0 Å². The largest absolute Gasteiger partial charge is 0.416 e. The predicted octanol–water partition coefficient (Wildman–Crippen LogP) is 2.35. The molecule has 2 aromatic rings. The van der Waals surface area contributed by atoms with Gasteiger partial charge in [0.15, 0.2) is 0 Å². The molecule has 1 aromatic carbocycles. The third-order valence-corrected chi connectivity index (χ3v) is 5.07. The average molecular weight is 389 g/mol. The summed E-state index contributed by atoms with van der Waals surface area (Å²) in [7, 11) is 0. The fraction of sp³-hybridized carbons (Fsp3) is 0.444. The molecule has 1 fully saturated rings. The van der Waals surface area contributed by atoms with Crippen molar-refractivity contribution in [3.05, 3.63) is 35.7 Å². The highest BCUT2D eigenvalue weighted by Crippen LogP contribution is 2.39. The Morgan fingerprint density at radius 1 is 1.15 bits per heavy atom. The highest BCUT2D eigenvalue weighted by atomic mass is 32.2. The van der Waals surface area contributed by atoms with Gasteiger partial charge in [0.1, 0.15) is 0 Å². The van der Waals surface area contributed by atoms with E-state index in [2.05, 4.69) is 39.8 Å². The number of nitrogens with one attached hydrogen (secondary N) is 2. The van der Waals surface area contributed by atoms with E-state index in [1.54, 1.807) is 12.1 Å². The van der Waals surface area contributed by atoms with E-state index in [0.29, 0.717) is 22.6 Å². The molecule has 0 aliphatic heterocycles. The lowest BCUT2D eigenvalue weighted by Gasteiger charge is -2.21. The molecule has 2 N–H and O–H groups in total. The van der Waals surface area contributed by atoms with E-state index < -0.39 is 0 Å². The monoisotopic (exact) mass is 389 g/mol. The van der Waals surface area contributed by atoms with Crippen molar-refractivity contribution in [1.29, 1.82) is 0 Å². The zero-order valence-corrected chi connectivity index (χ0v) is 16.2. The van der Waals surface area contributed by atoms with Gasteiger partial charge in [-0.25, -0.2) is 0 Å². The molecule has 0 spiro atoms. The summed E-state index contributed by atoms with van der Waals surface area (Å²) in [5.41, 5.74) is 6.34. The van der Waals surface area contributed by atoms with E-state index in [-0.39, 0.29) is 17.6 Å². The minimum Gasteiger partial charge on any atom is -0.416 e. The summed E-state index contributed by atoms with van der Waals surface area (Å²) in [6.07, 6.45) is 2.16. The van der Waals surface area contributed by atoms with Crippen LogP contribution in [-0.4, -0.2) is 40.9 Å². The predicted molar refractivity (Wildman–Crippen MR) is 103 cm³/mol. The quantitative estimate of drug-likeness (QED) is 0.528. The summed E-state index contributed by atoms with van der Waals surface area (Å²) in [6, 6.07) is 7.27. The zero-order chi connectivity index (χ0) is 19.2. The van der Waals surface area contributed by atoms with Gasteiger partial charge in [-0.3, -0.25) is 20.4 Å². The number of hydrazine groups is 1. The Balaban J connectivity index is 1.42. The van der Waals surface area contributed by atoms with Crippen LogP contribution in [0.5, 0.6) is 0 Å². The van der Waals surface area contributed by atoms with Crippen molar-refractivity contribution in [2.24, 2.45) is 0 Å². The molecule has 144 valence electrons. The second kappa shape index (κ2) is 8.90. The molecular formula is C18H23N5O3S. The van der Waals surface area contributed by atoms with Gasteiger partial charge in [0, 0.05) is 30.3 Å². The number of benzene rings is 1. The fourth-order valence-electron chi connectivity index (χ4n) is 2.55. The Kier molecular flexibility index (Phi) is 6.33. The highest BCUT2D eigenvalue weighted by molar-refractivity contribution is 7.99. The second-order valence-corrected chi connectivity index (χ2v) is 7.12. The third kappa shape index (κ3) is 5.22. The number of hydrogen-bond acceptors (Lipinski definition) is 7. The molecule has 0 atom stereocenters. The first kappa shape index (κ1) is 19.2. The second-order valence-electron chi connectivity index (χ2n) is 6.19. The molecule has 1 heterocycles. The molecule has 8 nitrogen and oxygen atoms in total. The van der Waals surface area contributed by atoms with Crippen LogP contribution in [0, 0.1) is 0 Å². The molecular weight excluding hydrogens is 366 g/mol. The van der Waals surface area contributed by atoms with Gasteiger partial charge in [0.05, 0.1) is 5.75 Å². The van der Waals surface area contributed by atoms with Crippen molar-refractivity contribution >= 4 is 29.3 Å². The molecule has 9 heteroatoms. The Hall–Kier alpha value is -2.55. The normalized spacial score (nSPS) is 13.3. The number of amides is 2. The number of carbonyl (C=O) groups excluding carboxylic acids is 2. The molecule has 2 amide bonds. The molecule has 0 radical (unpaired) electrons. The first-order chi connectivity index (χ1) is 13.1. The van der Waals surface area contributed by atoms with Gasteiger partial charge in [0.25, 0.3) is 11.1 Å². The van der Waals surface area contributed by atoms with Gasteiger partial charge in [-0.05, 0) is 51.0 Å². The summed E-state index contributed by atoms with van der Waals surface area (Å²) in [6.45, 7) is 5.97. The number of nitrogens with zero attached hydrogens (tertiary/aromatic N) is 3. The van der Waals surface area contributed by atoms with Gasteiger partial charge in [-0.1, -0.05) is 11.8 Å². The van der Waals surface area contributed by atoms with Gasteiger partial charge in [0.2, 0.25) is 11.8 Å². The lowest BCUT2D eigenvalue weighted by atomic mass is 10.2. The third-order valence-electron chi connectivity index (χ3n) is 4.25. The maximum atomic E-state index is 12.1. The lowest BCUT2D eigenvalue weighted by Crippen LogP contribution is -2.42. The number of thioether (sulfide) groups is 1. The summed E-state index contributed by atoms with van der Waals surface area (Å²) in [4.78, 5) is 26.2. The van der Waals surface area contributed by atoms with Crippen LogP contribution >= 0.6 is 11.8 Å². The average Bonchev–Trinajstić information content (AvgIpc) is 3.44. The SMILES string of the molecule is CCN(CC)c1ccc(C(=O)NNC(=O)CSc2nnc(C3CC3)o2)cc1. The van der Waals surface area contributed by atoms with Crippen LogP contribution in [0.2, 0.25) is 0 Å². The van der Waals surface area contributed by atoms with Crippen LogP contribution in [0.25, 0.3) is 0 Å². The van der Waals surface area contributed by atoms with Crippen LogP contribution in [0.1, 0.15) is 48.9 Å². The van der Waals surface area contributed by atoms with Crippen LogP contribution in [0.15, 0.2) is 33.9 Å². The molecule has 1 aliphatic rings. The maximum Gasteiger partial charge on any atom is 0.277 e. The van der Waals surface area contributed by atoms with Gasteiger partial charge >= 0.3 is 0 Å². The smallest absolute Gasteiger partial charge is 0.277 e. The molecule has 3 rings (SSSR count). The summed E-state index contributed by atoms with van der Waals surface area (Å²) >= 11 is 1.14. The Bertz CT molecular complexity index is 785. The van der Waals surface area contributed by atoms with Crippen LogP contribution in [-0.2, 0) is 4.79 Å². The highest BCUT2D eigenvalue weighted by Gasteiger charge is 2.29. The van der Waals surface area contributed by atoms with E-state index in [9.17, 15) is 9.59 Å².